The molecule has 0 amide bonds. The van der Waals surface area contributed by atoms with Crippen molar-refractivity contribution in [2.24, 2.45) is 0 Å². The van der Waals surface area contributed by atoms with E-state index < -0.39 is 0 Å². The van der Waals surface area contributed by atoms with Gasteiger partial charge in [0.25, 0.3) is 0 Å². The molecule has 0 saturated carbocycles. The Morgan fingerprint density at radius 2 is 1.71 bits per heavy atom. The van der Waals surface area contributed by atoms with Crippen molar-refractivity contribution in [2.45, 2.75) is 25.6 Å². The summed E-state index contributed by atoms with van der Waals surface area (Å²) in [6.45, 7) is 4.78. The van der Waals surface area contributed by atoms with Crippen LogP contribution in [0.4, 0.5) is 4.39 Å². The van der Waals surface area contributed by atoms with E-state index in [4.69, 9.17) is 0 Å². The van der Waals surface area contributed by atoms with Crippen molar-refractivity contribution in [1.82, 2.24) is 14.8 Å². The maximum atomic E-state index is 13.1. The molecule has 1 aromatic carbocycles. The molecule has 0 unspecified atom stereocenters. The molecule has 3 rings (SSSR count). The van der Waals surface area contributed by atoms with Crippen LogP contribution in [0.1, 0.15) is 17.5 Å². The van der Waals surface area contributed by atoms with Crippen molar-refractivity contribution in [3.8, 4) is 0 Å². The Labute approximate surface area is 142 Å². The zero-order valence-corrected chi connectivity index (χ0v) is 13.8. The molecular weight excluding hydrogens is 305 g/mol. The van der Waals surface area contributed by atoms with Crippen LogP contribution < -0.4 is 0 Å². The van der Waals surface area contributed by atoms with Crippen LogP contribution in [0.25, 0.3) is 0 Å². The van der Waals surface area contributed by atoms with Gasteiger partial charge in [0, 0.05) is 57.8 Å². The molecule has 0 radical (unpaired) electrons. The monoisotopic (exact) mass is 329 g/mol. The minimum Gasteiger partial charge on any atom is -0.396 e. The average Bonchev–Trinajstić information content (AvgIpc) is 2.60. The Hall–Kier alpha value is -1.82. The second-order valence-corrected chi connectivity index (χ2v) is 6.35. The maximum Gasteiger partial charge on any atom is 0.123 e. The Morgan fingerprint density at radius 3 is 2.42 bits per heavy atom. The lowest BCUT2D eigenvalue weighted by atomic mass is 10.1. The van der Waals surface area contributed by atoms with Crippen LogP contribution in [0.2, 0.25) is 0 Å². The average molecular weight is 329 g/mol. The summed E-state index contributed by atoms with van der Waals surface area (Å²) in [6.07, 6.45) is 4.41. The van der Waals surface area contributed by atoms with Crippen LogP contribution in [-0.2, 0) is 13.1 Å². The Balaban J connectivity index is 1.61. The highest BCUT2D eigenvalue weighted by Gasteiger charge is 2.26. The van der Waals surface area contributed by atoms with Gasteiger partial charge in [-0.25, -0.2) is 4.39 Å². The molecule has 5 heteroatoms. The fourth-order valence-electron chi connectivity index (χ4n) is 3.30. The van der Waals surface area contributed by atoms with E-state index in [0.29, 0.717) is 6.04 Å². The minimum atomic E-state index is -0.201. The number of aromatic nitrogens is 1. The summed E-state index contributed by atoms with van der Waals surface area (Å²) in [4.78, 5) is 8.88. The molecule has 1 aromatic heterocycles. The molecule has 4 nitrogen and oxygen atoms in total. The molecule has 24 heavy (non-hydrogen) atoms. The van der Waals surface area contributed by atoms with Crippen molar-refractivity contribution in [1.29, 1.82) is 0 Å². The Kier molecular flexibility index (Phi) is 5.91. The number of piperazine rings is 1. The zero-order chi connectivity index (χ0) is 16.8. The lowest BCUT2D eigenvalue weighted by Gasteiger charge is -2.41. The third-order valence-corrected chi connectivity index (χ3v) is 4.61. The lowest BCUT2D eigenvalue weighted by molar-refractivity contribution is 0.0499. The van der Waals surface area contributed by atoms with E-state index in [9.17, 15) is 9.50 Å². The van der Waals surface area contributed by atoms with Gasteiger partial charge in [0.15, 0.2) is 0 Å². The first-order valence-electron chi connectivity index (χ1n) is 8.45. The highest BCUT2D eigenvalue weighted by molar-refractivity contribution is 5.16. The first-order valence-corrected chi connectivity index (χ1v) is 8.45. The summed E-state index contributed by atoms with van der Waals surface area (Å²) >= 11 is 0. The van der Waals surface area contributed by atoms with E-state index in [2.05, 4.69) is 14.8 Å². The summed E-state index contributed by atoms with van der Waals surface area (Å²) in [7, 11) is 0. The number of hydrogen-bond acceptors (Lipinski definition) is 4. The minimum absolute atomic E-state index is 0.188. The third kappa shape index (κ3) is 4.60. The normalized spacial score (nSPS) is 19.5. The van der Waals surface area contributed by atoms with E-state index in [-0.39, 0.29) is 12.4 Å². The summed E-state index contributed by atoms with van der Waals surface area (Å²) in [5, 5.41) is 9.41. The van der Waals surface area contributed by atoms with Crippen molar-refractivity contribution in [3.05, 3.63) is 65.7 Å². The smallest absolute Gasteiger partial charge is 0.123 e. The largest absolute Gasteiger partial charge is 0.396 e. The molecule has 0 spiro atoms. The number of pyridine rings is 1. The zero-order valence-electron chi connectivity index (χ0n) is 13.8. The summed E-state index contributed by atoms with van der Waals surface area (Å²) in [5.74, 6) is -0.201. The van der Waals surface area contributed by atoms with Crippen LogP contribution in [0, 0.1) is 5.82 Å². The molecule has 1 aliphatic rings. The topological polar surface area (TPSA) is 39.6 Å². The maximum absolute atomic E-state index is 13.1. The number of hydrogen-bond donors (Lipinski definition) is 1. The predicted octanol–water partition coefficient (Wildman–Crippen LogP) is 2.29. The second kappa shape index (κ2) is 8.33. The van der Waals surface area contributed by atoms with E-state index in [1.807, 2.05) is 36.7 Å². The molecule has 1 aliphatic heterocycles. The summed E-state index contributed by atoms with van der Waals surface area (Å²) in [5.41, 5.74) is 2.38. The number of nitrogens with zero attached hydrogens (tertiary/aromatic N) is 3. The number of rotatable bonds is 6. The van der Waals surface area contributed by atoms with Gasteiger partial charge in [-0.3, -0.25) is 14.8 Å². The molecule has 1 saturated heterocycles. The van der Waals surface area contributed by atoms with Crippen molar-refractivity contribution < 1.29 is 9.50 Å². The Bertz CT molecular complexity index is 620. The molecular formula is C19H24FN3O. The van der Waals surface area contributed by atoms with Crippen molar-refractivity contribution in [2.75, 3.05) is 26.2 Å². The van der Waals surface area contributed by atoms with Crippen LogP contribution in [0.5, 0.6) is 0 Å². The molecule has 1 fully saturated rings. The van der Waals surface area contributed by atoms with Gasteiger partial charge in [-0.2, -0.15) is 0 Å². The van der Waals surface area contributed by atoms with Crippen LogP contribution in [0.3, 0.4) is 0 Å². The quantitative estimate of drug-likeness (QED) is 0.883. The number of halogens is 1. The molecule has 0 bridgehead atoms. The van der Waals surface area contributed by atoms with Gasteiger partial charge in [0.2, 0.25) is 0 Å². The Morgan fingerprint density at radius 1 is 1.00 bits per heavy atom. The third-order valence-electron chi connectivity index (χ3n) is 4.61. The highest BCUT2D eigenvalue weighted by Crippen LogP contribution is 2.18. The van der Waals surface area contributed by atoms with E-state index in [1.54, 1.807) is 0 Å². The van der Waals surface area contributed by atoms with E-state index in [1.165, 1.54) is 17.7 Å². The summed E-state index contributed by atoms with van der Waals surface area (Å²) in [6, 6.07) is 11.1. The fourth-order valence-corrected chi connectivity index (χ4v) is 3.30. The van der Waals surface area contributed by atoms with Gasteiger partial charge in [-0.15, -0.1) is 0 Å². The first-order chi connectivity index (χ1) is 11.7. The standard InChI is InChI=1S/C19H24FN3O/c20-18-3-1-16(2-4-18)14-23-11-10-22(15-19(23)7-12-24)13-17-5-8-21-9-6-17/h1-6,8-9,19,24H,7,10-15H2/t19-/m1/s1. The van der Waals surface area contributed by atoms with E-state index in [0.717, 1.165) is 44.7 Å². The SMILES string of the molecule is OCC[C@@H]1CN(Cc2ccncc2)CCN1Cc1ccc(F)cc1. The predicted molar refractivity (Wildman–Crippen MR) is 91.8 cm³/mol. The van der Waals surface area contributed by atoms with E-state index >= 15 is 0 Å². The first kappa shape index (κ1) is 17.0. The van der Waals surface area contributed by atoms with Gasteiger partial charge in [0.05, 0.1) is 0 Å². The van der Waals surface area contributed by atoms with Crippen LogP contribution in [0.15, 0.2) is 48.8 Å². The second-order valence-electron chi connectivity index (χ2n) is 6.35. The fraction of sp³-hybridized carbons (Fsp3) is 0.421. The van der Waals surface area contributed by atoms with Gasteiger partial charge in [0.1, 0.15) is 5.82 Å². The van der Waals surface area contributed by atoms with Crippen LogP contribution in [-0.4, -0.2) is 52.2 Å². The van der Waals surface area contributed by atoms with Crippen molar-refractivity contribution >= 4 is 0 Å². The van der Waals surface area contributed by atoms with Crippen LogP contribution >= 0.6 is 0 Å². The van der Waals surface area contributed by atoms with Gasteiger partial charge in [-0.1, -0.05) is 12.1 Å². The molecule has 1 N–H and O–H groups in total. The molecule has 2 aromatic rings. The van der Waals surface area contributed by atoms with Gasteiger partial charge in [-0.05, 0) is 41.8 Å². The van der Waals surface area contributed by atoms with Gasteiger partial charge >= 0.3 is 0 Å². The molecule has 0 aliphatic carbocycles. The highest BCUT2D eigenvalue weighted by atomic mass is 19.1. The van der Waals surface area contributed by atoms with Gasteiger partial charge < -0.3 is 5.11 Å². The lowest BCUT2D eigenvalue weighted by Crippen LogP contribution is -2.52. The number of benzene rings is 1. The number of aliphatic hydroxyl groups is 1. The van der Waals surface area contributed by atoms with Crippen molar-refractivity contribution in [3.63, 3.8) is 0 Å². The summed E-state index contributed by atoms with van der Waals surface area (Å²) < 4.78 is 13.1. The number of aliphatic hydroxyl groups excluding tert-OH is 1. The molecule has 1 atom stereocenters. The molecule has 2 heterocycles. The molecule has 128 valence electrons.